The third kappa shape index (κ3) is 5.27. The average molecular weight is 503 g/mol. The molecule has 4 atom stereocenters. The van der Waals surface area contributed by atoms with Gasteiger partial charge in [0, 0.05) is 25.0 Å². The zero-order valence-corrected chi connectivity index (χ0v) is 22.1. The maximum Gasteiger partial charge on any atom is 0.161 e. The third-order valence-electron chi connectivity index (χ3n) is 6.95. The molecule has 0 amide bonds. The highest BCUT2D eigenvalue weighted by Crippen LogP contribution is 2.49. The first-order chi connectivity index (χ1) is 17.4. The van der Waals surface area contributed by atoms with Crippen LogP contribution in [-0.4, -0.2) is 68.1 Å². The van der Waals surface area contributed by atoms with Crippen LogP contribution in [0.15, 0.2) is 36.4 Å². The lowest BCUT2D eigenvalue weighted by atomic mass is 9.77. The number of ether oxygens (including phenoxy) is 8. The van der Waals surface area contributed by atoms with Crippen molar-refractivity contribution in [1.82, 2.24) is 0 Å². The first-order valence-electron chi connectivity index (χ1n) is 12.2. The molecule has 2 aromatic rings. The number of hydrogen-bond acceptors (Lipinski definition) is 8. The van der Waals surface area contributed by atoms with Crippen LogP contribution in [-0.2, 0) is 18.9 Å². The van der Waals surface area contributed by atoms with Crippen molar-refractivity contribution in [2.45, 2.75) is 26.1 Å². The number of methoxy groups -OCH3 is 4. The molecule has 8 heteroatoms. The van der Waals surface area contributed by atoms with Gasteiger partial charge in [0.25, 0.3) is 0 Å². The lowest BCUT2D eigenvalue weighted by molar-refractivity contribution is -0.203. The van der Waals surface area contributed by atoms with Crippen LogP contribution in [0.25, 0.3) is 0 Å². The number of rotatable bonds is 13. The second kappa shape index (κ2) is 11.3. The molecule has 2 aliphatic heterocycles. The molecule has 4 rings (SSSR count). The van der Waals surface area contributed by atoms with Gasteiger partial charge in [0.15, 0.2) is 23.0 Å². The Labute approximate surface area is 213 Å². The van der Waals surface area contributed by atoms with Gasteiger partial charge in [-0.15, -0.1) is 0 Å². The van der Waals surface area contributed by atoms with Gasteiger partial charge >= 0.3 is 0 Å². The zero-order chi connectivity index (χ0) is 25.8. The Bertz CT molecular complexity index is 945. The van der Waals surface area contributed by atoms with Crippen molar-refractivity contribution >= 4 is 0 Å². The Hall–Kier alpha value is -2.52. The largest absolute Gasteiger partial charge is 0.493 e. The average Bonchev–Trinajstić information content (AvgIpc) is 2.86. The second-order valence-corrected chi connectivity index (χ2v) is 10.1. The molecule has 198 valence electrons. The van der Waals surface area contributed by atoms with E-state index in [1.165, 1.54) is 0 Å². The van der Waals surface area contributed by atoms with Gasteiger partial charge in [0.2, 0.25) is 0 Å². The van der Waals surface area contributed by atoms with Gasteiger partial charge in [-0.2, -0.15) is 0 Å². The molecule has 0 saturated carbocycles. The SMILES string of the molecule is COCC1(C)COC1c1ccc(OC)c(OCCOc2cc(C3OCC3(C)COC)ccc2OC)c1. The van der Waals surface area contributed by atoms with Crippen LogP contribution < -0.4 is 18.9 Å². The molecule has 0 aromatic heterocycles. The summed E-state index contributed by atoms with van der Waals surface area (Å²) < 4.78 is 45.7. The minimum Gasteiger partial charge on any atom is -0.493 e. The number of hydrogen-bond donors (Lipinski definition) is 0. The lowest BCUT2D eigenvalue weighted by Crippen LogP contribution is -2.46. The first-order valence-corrected chi connectivity index (χ1v) is 12.2. The summed E-state index contributed by atoms with van der Waals surface area (Å²) in [6, 6.07) is 11.8. The Kier molecular flexibility index (Phi) is 8.30. The monoisotopic (exact) mass is 502 g/mol. The van der Waals surface area contributed by atoms with Gasteiger partial charge in [-0.05, 0) is 35.4 Å². The van der Waals surface area contributed by atoms with Gasteiger partial charge < -0.3 is 37.9 Å². The summed E-state index contributed by atoms with van der Waals surface area (Å²) in [4.78, 5) is 0. The second-order valence-electron chi connectivity index (χ2n) is 10.1. The molecule has 0 radical (unpaired) electrons. The van der Waals surface area contributed by atoms with E-state index in [2.05, 4.69) is 13.8 Å². The summed E-state index contributed by atoms with van der Waals surface area (Å²) in [7, 11) is 6.68. The topological polar surface area (TPSA) is 73.8 Å². The summed E-state index contributed by atoms with van der Waals surface area (Å²) in [6.07, 6.45) is -0.0991. The van der Waals surface area contributed by atoms with Gasteiger partial charge in [-0.1, -0.05) is 26.0 Å². The lowest BCUT2D eigenvalue weighted by Gasteiger charge is -2.46. The Balaban J connectivity index is 1.40. The highest BCUT2D eigenvalue weighted by atomic mass is 16.6. The molecule has 0 N–H and O–H groups in total. The maximum atomic E-state index is 6.07. The number of benzene rings is 2. The van der Waals surface area contributed by atoms with E-state index in [0.29, 0.717) is 62.6 Å². The predicted octanol–water partition coefficient (Wildman–Crippen LogP) is 4.61. The molecule has 36 heavy (non-hydrogen) atoms. The summed E-state index contributed by atoms with van der Waals surface area (Å²) in [5.74, 6) is 2.61. The minimum atomic E-state index is -0.0607. The fraction of sp³-hybridized carbons (Fsp3) is 0.571. The van der Waals surface area contributed by atoms with Crippen molar-refractivity contribution in [3.63, 3.8) is 0 Å². The van der Waals surface area contributed by atoms with Crippen molar-refractivity contribution in [2.75, 3.05) is 68.1 Å². The summed E-state index contributed by atoms with van der Waals surface area (Å²) >= 11 is 0. The molecular weight excluding hydrogens is 464 g/mol. The molecular formula is C28H38O8. The summed E-state index contributed by atoms with van der Waals surface area (Å²) in [5, 5.41) is 0. The van der Waals surface area contributed by atoms with Crippen molar-refractivity contribution in [2.24, 2.45) is 10.8 Å². The maximum absolute atomic E-state index is 6.07. The van der Waals surface area contributed by atoms with Crippen LogP contribution >= 0.6 is 0 Å². The van der Waals surface area contributed by atoms with Gasteiger partial charge in [0.1, 0.15) is 13.2 Å². The molecule has 2 aliphatic rings. The van der Waals surface area contributed by atoms with Crippen LogP contribution in [0.3, 0.4) is 0 Å². The van der Waals surface area contributed by atoms with Crippen molar-refractivity contribution in [3.05, 3.63) is 47.5 Å². The smallest absolute Gasteiger partial charge is 0.161 e. The van der Waals surface area contributed by atoms with E-state index >= 15 is 0 Å². The van der Waals surface area contributed by atoms with Crippen LogP contribution in [0.2, 0.25) is 0 Å². The minimum absolute atomic E-state index is 0.0496. The van der Waals surface area contributed by atoms with E-state index < -0.39 is 0 Å². The normalized spacial score (nSPS) is 27.1. The molecule has 8 nitrogen and oxygen atoms in total. The van der Waals surface area contributed by atoms with E-state index in [-0.39, 0.29) is 23.0 Å². The Morgan fingerprint density at radius 2 is 1.08 bits per heavy atom. The highest BCUT2D eigenvalue weighted by molar-refractivity contribution is 5.45. The van der Waals surface area contributed by atoms with Gasteiger partial charge in [0.05, 0.1) is 52.9 Å². The molecule has 2 fully saturated rings. The Morgan fingerprint density at radius 1 is 0.667 bits per heavy atom. The highest BCUT2D eigenvalue weighted by Gasteiger charge is 2.46. The van der Waals surface area contributed by atoms with E-state index in [9.17, 15) is 0 Å². The molecule has 2 saturated heterocycles. The fourth-order valence-corrected chi connectivity index (χ4v) is 5.04. The van der Waals surface area contributed by atoms with Crippen LogP contribution in [0, 0.1) is 10.8 Å². The first kappa shape index (κ1) is 26.5. The van der Waals surface area contributed by atoms with Gasteiger partial charge in [-0.25, -0.2) is 0 Å². The Morgan fingerprint density at radius 3 is 1.39 bits per heavy atom. The van der Waals surface area contributed by atoms with E-state index in [1.807, 2.05) is 36.4 Å². The molecule has 0 aliphatic carbocycles. The van der Waals surface area contributed by atoms with Crippen LogP contribution in [0.1, 0.15) is 37.2 Å². The third-order valence-corrected chi connectivity index (χ3v) is 6.95. The summed E-state index contributed by atoms with van der Waals surface area (Å²) in [5.41, 5.74) is 1.95. The predicted molar refractivity (Wildman–Crippen MR) is 134 cm³/mol. The molecule has 4 unspecified atom stereocenters. The van der Waals surface area contributed by atoms with Crippen LogP contribution in [0.5, 0.6) is 23.0 Å². The van der Waals surface area contributed by atoms with Crippen molar-refractivity contribution < 1.29 is 37.9 Å². The van der Waals surface area contributed by atoms with E-state index in [0.717, 1.165) is 11.1 Å². The van der Waals surface area contributed by atoms with Crippen LogP contribution in [0.4, 0.5) is 0 Å². The van der Waals surface area contributed by atoms with E-state index in [4.69, 9.17) is 37.9 Å². The zero-order valence-electron chi connectivity index (χ0n) is 22.1. The molecule has 0 bridgehead atoms. The summed E-state index contributed by atoms with van der Waals surface area (Å²) in [6.45, 7) is 7.58. The molecule has 2 heterocycles. The molecule has 0 spiro atoms. The fourth-order valence-electron chi connectivity index (χ4n) is 5.04. The molecule has 2 aromatic carbocycles. The van der Waals surface area contributed by atoms with Crippen molar-refractivity contribution in [1.29, 1.82) is 0 Å². The quantitative estimate of drug-likeness (QED) is 0.368. The van der Waals surface area contributed by atoms with Gasteiger partial charge in [-0.3, -0.25) is 0 Å². The standard InChI is InChI=1S/C28H38O8/c1-27(15-29-3)17-35-25(27)19-7-9-21(31-5)23(13-19)33-11-12-34-24-14-20(8-10-22(24)32-6)26-28(2,16-30-4)18-36-26/h7-10,13-14,25-26H,11-12,15-18H2,1-6H3. The van der Waals surface area contributed by atoms with Crippen molar-refractivity contribution in [3.8, 4) is 23.0 Å². The van der Waals surface area contributed by atoms with E-state index in [1.54, 1.807) is 28.4 Å².